The van der Waals surface area contributed by atoms with Crippen molar-refractivity contribution in [2.45, 2.75) is 6.42 Å². The fourth-order valence-corrected chi connectivity index (χ4v) is 2.02. The summed E-state index contributed by atoms with van der Waals surface area (Å²) in [4.78, 5) is 15.1. The third kappa shape index (κ3) is 2.83. The number of carbonyl (C=O) groups is 1. The first kappa shape index (κ1) is 13.9. The molecule has 3 rings (SSSR count). The maximum atomic E-state index is 13.4. The van der Waals surface area contributed by atoms with E-state index in [9.17, 15) is 9.18 Å². The van der Waals surface area contributed by atoms with Gasteiger partial charge in [-0.2, -0.15) is 0 Å². The largest absolute Gasteiger partial charge is 0.481 e. The molecular weight excluding hydrogens is 287 g/mol. The summed E-state index contributed by atoms with van der Waals surface area (Å²) < 4.78 is 14.8. The van der Waals surface area contributed by atoms with Crippen LogP contribution in [0.1, 0.15) is 5.69 Å². The van der Waals surface area contributed by atoms with E-state index in [-0.39, 0.29) is 17.9 Å². The first-order valence-electron chi connectivity index (χ1n) is 6.48. The molecule has 0 aliphatic heterocycles. The van der Waals surface area contributed by atoms with Crippen LogP contribution < -0.4 is 0 Å². The van der Waals surface area contributed by atoms with Crippen molar-refractivity contribution in [1.29, 1.82) is 0 Å². The van der Waals surface area contributed by atoms with Gasteiger partial charge in [-0.05, 0) is 24.3 Å². The molecule has 0 aliphatic carbocycles. The Morgan fingerprint density at radius 2 is 1.95 bits per heavy atom. The van der Waals surface area contributed by atoms with E-state index in [1.54, 1.807) is 24.3 Å². The van der Waals surface area contributed by atoms with Crippen LogP contribution in [0, 0.1) is 5.82 Å². The Bertz CT molecular complexity index is 859. The third-order valence-electron chi connectivity index (χ3n) is 2.96. The lowest BCUT2D eigenvalue weighted by atomic mass is 10.3. The first-order valence-corrected chi connectivity index (χ1v) is 6.48. The highest BCUT2D eigenvalue weighted by molar-refractivity contribution is 5.72. The summed E-state index contributed by atoms with van der Waals surface area (Å²) in [7, 11) is 0. The van der Waals surface area contributed by atoms with Gasteiger partial charge in [-0.3, -0.25) is 9.20 Å². The molecule has 0 atom stereocenters. The highest BCUT2D eigenvalue weighted by Crippen LogP contribution is 2.25. The minimum absolute atomic E-state index is 0.209. The number of rotatable bonds is 4. The Morgan fingerprint density at radius 3 is 2.68 bits per heavy atom. The Labute approximate surface area is 124 Å². The van der Waals surface area contributed by atoms with Gasteiger partial charge in [0.05, 0.1) is 17.8 Å². The van der Waals surface area contributed by atoms with Gasteiger partial charge in [0, 0.05) is 6.20 Å². The molecule has 0 bridgehead atoms. The van der Waals surface area contributed by atoms with Crippen molar-refractivity contribution in [3.63, 3.8) is 0 Å². The van der Waals surface area contributed by atoms with Gasteiger partial charge in [-0.15, -0.1) is 10.2 Å². The molecule has 0 saturated heterocycles. The predicted molar refractivity (Wildman–Crippen MR) is 77.1 cm³/mol. The SMILES string of the molecule is O=C(O)Cc1nc2ccc(F)cn2c1N=Nc1ccccc1. The Morgan fingerprint density at radius 1 is 1.18 bits per heavy atom. The number of pyridine rings is 1. The van der Waals surface area contributed by atoms with Gasteiger partial charge in [0.25, 0.3) is 0 Å². The number of aromatic nitrogens is 2. The van der Waals surface area contributed by atoms with E-state index in [0.29, 0.717) is 11.3 Å². The molecule has 0 fully saturated rings. The van der Waals surface area contributed by atoms with E-state index < -0.39 is 11.8 Å². The lowest BCUT2D eigenvalue weighted by Gasteiger charge is -1.97. The van der Waals surface area contributed by atoms with Crippen LogP contribution >= 0.6 is 0 Å². The number of carboxylic acids is 1. The molecule has 1 aromatic carbocycles. The molecule has 2 heterocycles. The second-order valence-corrected chi connectivity index (χ2v) is 4.56. The van der Waals surface area contributed by atoms with E-state index in [4.69, 9.17) is 5.11 Å². The summed E-state index contributed by atoms with van der Waals surface area (Å²) in [6, 6.07) is 11.7. The number of aliphatic carboxylic acids is 1. The van der Waals surface area contributed by atoms with Crippen LogP contribution in [0.3, 0.4) is 0 Å². The lowest BCUT2D eigenvalue weighted by Crippen LogP contribution is -2.00. The monoisotopic (exact) mass is 298 g/mol. The fraction of sp³-hybridized carbons (Fsp3) is 0.0667. The quantitative estimate of drug-likeness (QED) is 0.748. The summed E-state index contributed by atoms with van der Waals surface area (Å²) in [5, 5.41) is 17.1. The zero-order valence-electron chi connectivity index (χ0n) is 11.3. The smallest absolute Gasteiger partial charge is 0.309 e. The number of azo groups is 1. The minimum Gasteiger partial charge on any atom is -0.481 e. The zero-order valence-corrected chi connectivity index (χ0v) is 11.3. The van der Waals surface area contributed by atoms with Gasteiger partial charge in [0.1, 0.15) is 11.5 Å². The Kier molecular flexibility index (Phi) is 3.61. The van der Waals surface area contributed by atoms with Gasteiger partial charge < -0.3 is 5.11 Å². The molecule has 0 spiro atoms. The average molecular weight is 298 g/mol. The van der Waals surface area contributed by atoms with Gasteiger partial charge in [-0.1, -0.05) is 18.2 Å². The maximum absolute atomic E-state index is 13.4. The number of hydrogen-bond donors (Lipinski definition) is 1. The van der Waals surface area contributed by atoms with Crippen LogP contribution in [-0.2, 0) is 11.2 Å². The highest BCUT2D eigenvalue weighted by atomic mass is 19.1. The van der Waals surface area contributed by atoms with Gasteiger partial charge in [0.15, 0.2) is 5.82 Å². The van der Waals surface area contributed by atoms with Gasteiger partial charge >= 0.3 is 5.97 Å². The van der Waals surface area contributed by atoms with Crippen LogP contribution in [0.25, 0.3) is 5.65 Å². The zero-order chi connectivity index (χ0) is 15.5. The molecular formula is C15H11FN4O2. The van der Waals surface area contributed by atoms with Crippen molar-refractivity contribution in [3.05, 3.63) is 60.2 Å². The number of halogens is 1. The van der Waals surface area contributed by atoms with Crippen molar-refractivity contribution >= 4 is 23.1 Å². The molecule has 0 unspecified atom stereocenters. The molecule has 22 heavy (non-hydrogen) atoms. The molecule has 0 amide bonds. The topological polar surface area (TPSA) is 79.3 Å². The predicted octanol–water partition coefficient (Wildman–Crippen LogP) is 3.52. The molecule has 3 aromatic rings. The van der Waals surface area contributed by atoms with Crippen molar-refractivity contribution in [2.75, 3.05) is 0 Å². The van der Waals surface area contributed by atoms with Crippen molar-refractivity contribution in [1.82, 2.24) is 9.38 Å². The molecule has 2 aromatic heterocycles. The van der Waals surface area contributed by atoms with Gasteiger partial charge in [-0.25, -0.2) is 9.37 Å². The summed E-state index contributed by atoms with van der Waals surface area (Å²) in [5.74, 6) is -1.30. The van der Waals surface area contributed by atoms with Crippen LogP contribution in [0.4, 0.5) is 15.9 Å². The number of carboxylic acid groups (broad SMARTS) is 1. The second-order valence-electron chi connectivity index (χ2n) is 4.56. The van der Waals surface area contributed by atoms with Crippen molar-refractivity contribution in [3.8, 4) is 0 Å². The molecule has 110 valence electrons. The number of imidazole rings is 1. The summed E-state index contributed by atoms with van der Waals surface area (Å²) in [6.45, 7) is 0. The minimum atomic E-state index is -1.04. The molecule has 0 saturated carbocycles. The second kappa shape index (κ2) is 5.72. The number of hydrogen-bond acceptors (Lipinski definition) is 4. The van der Waals surface area contributed by atoms with E-state index in [1.807, 2.05) is 6.07 Å². The molecule has 0 radical (unpaired) electrons. The Hall–Kier alpha value is -3.09. The van der Waals surface area contributed by atoms with E-state index in [0.717, 1.165) is 0 Å². The molecule has 1 N–H and O–H groups in total. The van der Waals surface area contributed by atoms with Crippen molar-refractivity contribution in [2.24, 2.45) is 10.2 Å². The van der Waals surface area contributed by atoms with Crippen LogP contribution in [0.2, 0.25) is 0 Å². The summed E-state index contributed by atoms with van der Waals surface area (Å²) in [5.41, 5.74) is 1.26. The van der Waals surface area contributed by atoms with E-state index in [1.165, 1.54) is 22.7 Å². The van der Waals surface area contributed by atoms with Crippen LogP contribution in [0.15, 0.2) is 58.9 Å². The number of benzene rings is 1. The standard InChI is InChI=1S/C15H11FN4O2/c16-10-6-7-13-17-12(8-14(21)22)15(20(13)9-10)19-18-11-4-2-1-3-5-11/h1-7,9H,8H2,(H,21,22). The lowest BCUT2D eigenvalue weighted by molar-refractivity contribution is -0.136. The highest BCUT2D eigenvalue weighted by Gasteiger charge is 2.15. The van der Waals surface area contributed by atoms with Gasteiger partial charge in [0.2, 0.25) is 0 Å². The van der Waals surface area contributed by atoms with Crippen LogP contribution in [-0.4, -0.2) is 20.5 Å². The number of fused-ring (bicyclic) bond motifs is 1. The molecule has 6 nitrogen and oxygen atoms in total. The maximum Gasteiger partial charge on any atom is 0.309 e. The summed E-state index contributed by atoms with van der Waals surface area (Å²) in [6.07, 6.45) is 0.888. The average Bonchev–Trinajstić information content (AvgIpc) is 2.82. The van der Waals surface area contributed by atoms with E-state index >= 15 is 0 Å². The summed E-state index contributed by atoms with van der Waals surface area (Å²) >= 11 is 0. The first-order chi connectivity index (χ1) is 10.6. The number of nitrogens with zero attached hydrogens (tertiary/aromatic N) is 4. The van der Waals surface area contributed by atoms with E-state index in [2.05, 4.69) is 15.2 Å². The third-order valence-corrected chi connectivity index (χ3v) is 2.96. The Balaban J connectivity index is 2.10. The molecule has 7 heteroatoms. The van der Waals surface area contributed by atoms with Crippen molar-refractivity contribution < 1.29 is 14.3 Å². The fourth-order valence-electron chi connectivity index (χ4n) is 2.02. The molecule has 0 aliphatic rings. The van der Waals surface area contributed by atoms with Crippen LogP contribution in [0.5, 0.6) is 0 Å². The normalized spacial score (nSPS) is 11.3.